The number of carbonyl (C=O) groups is 1. The first-order valence-electron chi connectivity index (χ1n) is 5.67. The van der Waals surface area contributed by atoms with Gasteiger partial charge in [-0.05, 0) is 28.1 Å². The number of nitro benzene ring substituents is 1. The maximum atomic E-state index is 11.4. The van der Waals surface area contributed by atoms with Gasteiger partial charge in [0.1, 0.15) is 6.61 Å². The molecule has 2 aromatic rings. The Balaban J connectivity index is 2.23. The molecule has 0 spiro atoms. The molecular weight excluding hydrogens is 346 g/mol. The highest BCUT2D eigenvalue weighted by molar-refractivity contribution is 9.10. The molecule has 9 heteroatoms. The minimum absolute atomic E-state index is 0.00722. The lowest BCUT2D eigenvalue weighted by atomic mass is 10.2. The summed E-state index contributed by atoms with van der Waals surface area (Å²) in [6, 6.07) is 5.99. The third-order valence-electron chi connectivity index (χ3n) is 2.60. The summed E-state index contributed by atoms with van der Waals surface area (Å²) < 4.78 is 10.9. The molecule has 0 atom stereocenters. The van der Waals surface area contributed by atoms with Crippen molar-refractivity contribution in [3.63, 3.8) is 0 Å². The molecule has 1 amide bonds. The zero-order valence-electron chi connectivity index (χ0n) is 10.5. The van der Waals surface area contributed by atoms with E-state index in [0.29, 0.717) is 10.0 Å². The number of para-hydroxylation sites is 1. The van der Waals surface area contributed by atoms with Gasteiger partial charge in [0.15, 0.2) is 5.76 Å². The van der Waals surface area contributed by atoms with Crippen molar-refractivity contribution in [1.29, 1.82) is 0 Å². The minimum Gasteiger partial charge on any atom is -0.481 e. The molecule has 0 fully saturated rings. The van der Waals surface area contributed by atoms with Crippen molar-refractivity contribution >= 4 is 27.5 Å². The first-order chi connectivity index (χ1) is 10.0. The number of nitrogens with zero attached hydrogens (tertiary/aromatic N) is 1. The number of ether oxygens (including phenoxy) is 1. The highest BCUT2D eigenvalue weighted by Crippen LogP contribution is 2.35. The van der Waals surface area contributed by atoms with Crippen molar-refractivity contribution in [1.82, 2.24) is 5.43 Å². The fraction of sp³-hybridized carbons (Fsp3) is 0.0833. The van der Waals surface area contributed by atoms with Crippen molar-refractivity contribution in [3.05, 3.63) is 56.4 Å². The van der Waals surface area contributed by atoms with Gasteiger partial charge in [0.05, 0.1) is 15.7 Å². The molecule has 110 valence electrons. The number of nitro groups is 1. The van der Waals surface area contributed by atoms with Crippen LogP contribution in [0.2, 0.25) is 0 Å². The van der Waals surface area contributed by atoms with E-state index in [2.05, 4.69) is 15.9 Å². The molecule has 21 heavy (non-hydrogen) atoms. The van der Waals surface area contributed by atoms with E-state index in [0.717, 1.165) is 0 Å². The van der Waals surface area contributed by atoms with Crippen molar-refractivity contribution < 1.29 is 18.9 Å². The number of nitrogens with two attached hydrogens (primary N) is 1. The number of halogens is 1. The van der Waals surface area contributed by atoms with Crippen molar-refractivity contribution in [2.24, 2.45) is 5.84 Å². The van der Waals surface area contributed by atoms with Gasteiger partial charge in [-0.15, -0.1) is 0 Å². The van der Waals surface area contributed by atoms with E-state index in [-0.39, 0.29) is 23.8 Å². The summed E-state index contributed by atoms with van der Waals surface area (Å²) in [4.78, 5) is 21.9. The SMILES string of the molecule is NNC(=O)c1occc1COc1c(Br)cccc1[N+](=O)[O-]. The second kappa shape index (κ2) is 6.37. The Hall–Kier alpha value is -2.39. The van der Waals surface area contributed by atoms with Gasteiger partial charge in [0.25, 0.3) is 0 Å². The van der Waals surface area contributed by atoms with Crippen LogP contribution in [0.5, 0.6) is 5.75 Å². The van der Waals surface area contributed by atoms with Crippen LogP contribution in [-0.4, -0.2) is 10.8 Å². The van der Waals surface area contributed by atoms with Gasteiger partial charge in [-0.3, -0.25) is 20.3 Å². The number of rotatable bonds is 5. The zero-order chi connectivity index (χ0) is 15.4. The third-order valence-corrected chi connectivity index (χ3v) is 3.22. The number of benzene rings is 1. The molecule has 3 N–H and O–H groups in total. The Morgan fingerprint density at radius 3 is 2.90 bits per heavy atom. The topological polar surface area (TPSA) is 121 Å². The molecule has 0 bridgehead atoms. The van der Waals surface area contributed by atoms with E-state index in [1.54, 1.807) is 6.07 Å². The fourth-order valence-electron chi connectivity index (χ4n) is 1.65. The average molecular weight is 356 g/mol. The molecule has 0 aliphatic rings. The van der Waals surface area contributed by atoms with Crippen LogP contribution in [0.1, 0.15) is 16.1 Å². The molecule has 0 radical (unpaired) electrons. The Bertz CT molecular complexity index is 685. The molecule has 0 aliphatic carbocycles. The van der Waals surface area contributed by atoms with Gasteiger partial charge in [-0.1, -0.05) is 6.07 Å². The summed E-state index contributed by atoms with van der Waals surface area (Å²) in [5.74, 6) is 4.48. The van der Waals surface area contributed by atoms with Crippen LogP contribution >= 0.6 is 15.9 Å². The number of hydrogen-bond donors (Lipinski definition) is 2. The zero-order valence-corrected chi connectivity index (χ0v) is 12.1. The molecule has 8 nitrogen and oxygen atoms in total. The number of hydrazine groups is 1. The molecule has 0 aliphatic heterocycles. The van der Waals surface area contributed by atoms with Gasteiger partial charge < -0.3 is 9.15 Å². The second-order valence-electron chi connectivity index (χ2n) is 3.88. The highest BCUT2D eigenvalue weighted by atomic mass is 79.9. The molecule has 1 aromatic heterocycles. The van der Waals surface area contributed by atoms with Crippen LogP contribution in [0.3, 0.4) is 0 Å². The summed E-state index contributed by atoms with van der Waals surface area (Å²) in [5, 5.41) is 11.0. The number of amides is 1. The normalized spacial score (nSPS) is 10.2. The predicted molar refractivity (Wildman–Crippen MR) is 75.5 cm³/mol. The number of nitrogens with one attached hydrogen (secondary N) is 1. The highest BCUT2D eigenvalue weighted by Gasteiger charge is 2.20. The van der Waals surface area contributed by atoms with Crippen LogP contribution in [0, 0.1) is 10.1 Å². The maximum absolute atomic E-state index is 11.4. The first-order valence-corrected chi connectivity index (χ1v) is 6.47. The average Bonchev–Trinajstić information content (AvgIpc) is 2.93. The lowest BCUT2D eigenvalue weighted by Gasteiger charge is -2.08. The molecular formula is C12H10BrN3O5. The van der Waals surface area contributed by atoms with Crippen LogP contribution < -0.4 is 16.0 Å². The van der Waals surface area contributed by atoms with Gasteiger partial charge in [0.2, 0.25) is 5.75 Å². The minimum atomic E-state index is -0.611. The van der Waals surface area contributed by atoms with Gasteiger partial charge >= 0.3 is 11.6 Å². The lowest BCUT2D eigenvalue weighted by Crippen LogP contribution is -2.30. The summed E-state index contributed by atoms with van der Waals surface area (Å²) in [6.07, 6.45) is 1.30. The van der Waals surface area contributed by atoms with E-state index >= 15 is 0 Å². The van der Waals surface area contributed by atoms with Crippen molar-refractivity contribution in [2.75, 3.05) is 0 Å². The summed E-state index contributed by atoms with van der Waals surface area (Å²) in [6.45, 7) is -0.0806. The molecule has 1 aromatic carbocycles. The molecule has 0 unspecified atom stereocenters. The summed E-state index contributed by atoms with van der Waals surface area (Å²) in [7, 11) is 0. The van der Waals surface area contributed by atoms with Gasteiger partial charge in [-0.25, -0.2) is 5.84 Å². The third kappa shape index (κ3) is 3.20. The number of carbonyl (C=O) groups excluding carboxylic acids is 1. The quantitative estimate of drug-likeness (QED) is 0.366. The second-order valence-corrected chi connectivity index (χ2v) is 4.74. The Kier molecular flexibility index (Phi) is 4.55. The predicted octanol–water partition coefficient (Wildman–Crippen LogP) is 2.13. The molecule has 0 saturated heterocycles. The summed E-state index contributed by atoms with van der Waals surface area (Å²) in [5.41, 5.74) is 2.18. The van der Waals surface area contributed by atoms with Crippen LogP contribution in [0.4, 0.5) is 5.69 Å². The Labute approximate surface area is 127 Å². The maximum Gasteiger partial charge on any atom is 0.312 e. The van der Waals surface area contributed by atoms with E-state index < -0.39 is 10.8 Å². The van der Waals surface area contributed by atoms with E-state index in [1.165, 1.54) is 24.5 Å². The monoisotopic (exact) mass is 355 g/mol. The van der Waals surface area contributed by atoms with Crippen molar-refractivity contribution in [3.8, 4) is 5.75 Å². The number of nitrogen functional groups attached to an aromatic ring is 1. The smallest absolute Gasteiger partial charge is 0.312 e. The van der Waals surface area contributed by atoms with E-state index in [4.69, 9.17) is 15.0 Å². The largest absolute Gasteiger partial charge is 0.481 e. The van der Waals surface area contributed by atoms with Gasteiger partial charge in [0, 0.05) is 11.6 Å². The number of furan rings is 1. The molecule has 1 heterocycles. The van der Waals surface area contributed by atoms with Crippen LogP contribution in [0.25, 0.3) is 0 Å². The Morgan fingerprint density at radius 1 is 1.48 bits per heavy atom. The van der Waals surface area contributed by atoms with Crippen molar-refractivity contribution in [2.45, 2.75) is 6.61 Å². The van der Waals surface area contributed by atoms with E-state index in [9.17, 15) is 14.9 Å². The first kappa shape index (κ1) is 15.0. The molecule has 0 saturated carbocycles. The van der Waals surface area contributed by atoms with Gasteiger partial charge in [-0.2, -0.15) is 0 Å². The fourth-order valence-corrected chi connectivity index (χ4v) is 2.12. The molecule has 2 rings (SSSR count). The van der Waals surface area contributed by atoms with Crippen LogP contribution in [0.15, 0.2) is 39.4 Å². The summed E-state index contributed by atoms with van der Waals surface area (Å²) >= 11 is 3.19. The van der Waals surface area contributed by atoms with Crippen LogP contribution in [-0.2, 0) is 6.61 Å². The Morgan fingerprint density at radius 2 is 2.24 bits per heavy atom. The standard InChI is InChI=1S/C12H10BrN3O5/c13-8-2-1-3-9(16(18)19)11(8)21-6-7-4-5-20-10(7)12(17)15-14/h1-5H,6,14H2,(H,15,17). The number of hydrogen-bond acceptors (Lipinski definition) is 6. The lowest BCUT2D eigenvalue weighted by molar-refractivity contribution is -0.386. The van der Waals surface area contributed by atoms with E-state index in [1.807, 2.05) is 5.43 Å².